The summed E-state index contributed by atoms with van der Waals surface area (Å²) in [4.78, 5) is 13.2. The van der Waals surface area contributed by atoms with Crippen molar-refractivity contribution in [1.82, 2.24) is 33.9 Å². The van der Waals surface area contributed by atoms with Crippen molar-refractivity contribution in [3.63, 3.8) is 0 Å². The molecule has 15 heteroatoms. The minimum absolute atomic E-state index is 0.258. The second-order valence-electron chi connectivity index (χ2n) is 10.4. The zero-order valence-corrected chi connectivity index (χ0v) is 22.8. The molecule has 41 heavy (non-hydrogen) atoms. The molecule has 0 amide bonds. The number of halogens is 2. The van der Waals surface area contributed by atoms with Crippen LogP contribution < -0.4 is 10.6 Å². The summed E-state index contributed by atoms with van der Waals surface area (Å²) in [5.74, 6) is 1.52. The number of rotatable bonds is 10. The Morgan fingerprint density at radius 1 is 1.05 bits per heavy atom. The van der Waals surface area contributed by atoms with Crippen LogP contribution in [0.3, 0.4) is 0 Å². The molecule has 2 fully saturated rings. The number of hydrogen-bond donors (Lipinski definition) is 3. The summed E-state index contributed by atoms with van der Waals surface area (Å²) in [5, 5.41) is 24.0. The highest BCUT2D eigenvalue weighted by molar-refractivity contribution is 7.90. The van der Waals surface area contributed by atoms with E-state index < -0.39 is 21.8 Å². The Morgan fingerprint density at radius 2 is 1.85 bits per heavy atom. The predicted octanol–water partition coefficient (Wildman–Crippen LogP) is 4.04. The fourth-order valence-electron chi connectivity index (χ4n) is 4.84. The molecule has 6 rings (SSSR count). The summed E-state index contributed by atoms with van der Waals surface area (Å²) < 4.78 is 52.9. The van der Waals surface area contributed by atoms with Crippen molar-refractivity contribution in [2.75, 3.05) is 17.2 Å². The first kappa shape index (κ1) is 27.2. The molecule has 12 nitrogen and oxygen atoms in total. The van der Waals surface area contributed by atoms with Gasteiger partial charge in [-0.1, -0.05) is 0 Å². The maximum Gasteiger partial charge on any atom is 0.333 e. The van der Waals surface area contributed by atoms with Crippen LogP contribution in [-0.4, -0.2) is 65.3 Å². The molecule has 0 radical (unpaired) electrons. The van der Waals surface area contributed by atoms with Crippen LogP contribution in [0.4, 0.5) is 26.1 Å². The number of aliphatic hydroxyl groups excluding tert-OH is 1. The highest BCUT2D eigenvalue weighted by Crippen LogP contribution is 2.32. The molecular weight excluding hydrogens is 556 g/mol. The molecule has 0 bridgehead atoms. The minimum Gasteiger partial charge on any atom is -0.393 e. The van der Waals surface area contributed by atoms with E-state index in [1.165, 1.54) is 24.7 Å². The molecule has 3 N–H and O–H groups in total. The van der Waals surface area contributed by atoms with Crippen LogP contribution in [0.2, 0.25) is 0 Å². The molecular formula is C26H29F2N9O3S. The van der Waals surface area contributed by atoms with E-state index in [2.05, 4.69) is 35.8 Å². The first-order chi connectivity index (χ1) is 19.8. The summed E-state index contributed by atoms with van der Waals surface area (Å²) >= 11 is 0. The lowest BCUT2D eigenvalue weighted by atomic mass is 9.87. The molecule has 0 atom stereocenters. The summed E-state index contributed by atoms with van der Waals surface area (Å²) in [6, 6.07) is 4.92. The maximum absolute atomic E-state index is 13.2. The summed E-state index contributed by atoms with van der Waals surface area (Å²) in [5.41, 5.74) is 2.04. The van der Waals surface area contributed by atoms with Gasteiger partial charge in [0.25, 0.3) is 10.0 Å². The number of alkyl halides is 2. The van der Waals surface area contributed by atoms with E-state index >= 15 is 0 Å². The molecule has 0 aliphatic heterocycles. The fourth-order valence-corrected chi connectivity index (χ4v) is 6.32. The second kappa shape index (κ2) is 11.1. The van der Waals surface area contributed by atoms with Crippen LogP contribution in [0.25, 0.3) is 22.6 Å². The molecule has 2 aliphatic rings. The van der Waals surface area contributed by atoms with E-state index in [9.17, 15) is 22.3 Å². The van der Waals surface area contributed by atoms with E-state index in [1.807, 2.05) is 0 Å². The maximum atomic E-state index is 13.2. The molecule has 0 spiro atoms. The average molecular weight is 586 g/mol. The largest absolute Gasteiger partial charge is 0.393 e. The number of hydrogen-bond acceptors (Lipinski definition) is 10. The van der Waals surface area contributed by atoms with Gasteiger partial charge in [0.2, 0.25) is 0 Å². The van der Waals surface area contributed by atoms with Crippen LogP contribution in [0, 0.1) is 5.92 Å². The van der Waals surface area contributed by atoms with E-state index in [0.717, 1.165) is 29.8 Å². The van der Waals surface area contributed by atoms with Gasteiger partial charge in [0, 0.05) is 42.5 Å². The molecule has 0 saturated heterocycles. The Hall–Kier alpha value is -3.98. The third-order valence-electron chi connectivity index (χ3n) is 7.32. The molecule has 216 valence electrons. The van der Waals surface area contributed by atoms with Gasteiger partial charge in [-0.2, -0.15) is 23.1 Å². The van der Waals surface area contributed by atoms with Crippen LogP contribution in [0.1, 0.15) is 45.1 Å². The van der Waals surface area contributed by atoms with Crippen LogP contribution in [0.5, 0.6) is 0 Å². The van der Waals surface area contributed by atoms with Crippen molar-refractivity contribution >= 4 is 27.3 Å². The normalized spacial score (nSPS) is 19.4. The zero-order valence-electron chi connectivity index (χ0n) is 21.9. The Kier molecular flexibility index (Phi) is 7.38. The van der Waals surface area contributed by atoms with Gasteiger partial charge in [0.1, 0.15) is 11.6 Å². The number of nitrogens with one attached hydrogen (secondary N) is 2. The van der Waals surface area contributed by atoms with Crippen LogP contribution in [-0.2, 0) is 10.0 Å². The molecule has 4 aromatic rings. The first-order valence-corrected chi connectivity index (χ1v) is 14.9. The van der Waals surface area contributed by atoms with E-state index in [4.69, 9.17) is 0 Å². The molecule has 4 heterocycles. The lowest BCUT2D eigenvalue weighted by Gasteiger charge is -2.26. The van der Waals surface area contributed by atoms with Gasteiger partial charge in [0.15, 0.2) is 5.82 Å². The van der Waals surface area contributed by atoms with E-state index in [0.29, 0.717) is 70.0 Å². The van der Waals surface area contributed by atoms with Gasteiger partial charge >= 0.3 is 6.55 Å². The summed E-state index contributed by atoms with van der Waals surface area (Å²) in [6.07, 6.45) is 11.4. The molecule has 4 aromatic heterocycles. The molecule has 2 aliphatic carbocycles. The van der Waals surface area contributed by atoms with Gasteiger partial charge in [-0.3, -0.25) is 0 Å². The number of nitrogens with zero attached hydrogens (tertiary/aromatic N) is 7. The van der Waals surface area contributed by atoms with Gasteiger partial charge < -0.3 is 15.7 Å². The van der Waals surface area contributed by atoms with Crippen molar-refractivity contribution in [3.05, 3.63) is 49.2 Å². The first-order valence-electron chi connectivity index (χ1n) is 13.4. The number of aliphatic hydroxyl groups is 1. The zero-order chi connectivity index (χ0) is 28.6. The Balaban J connectivity index is 1.23. The summed E-state index contributed by atoms with van der Waals surface area (Å²) in [6.45, 7) is -2.11. The number of aromatic nitrogens is 7. The Morgan fingerprint density at radius 3 is 2.59 bits per heavy atom. The van der Waals surface area contributed by atoms with Gasteiger partial charge in [0.05, 0.1) is 35.0 Å². The third-order valence-corrected chi connectivity index (χ3v) is 9.36. The van der Waals surface area contributed by atoms with E-state index in [-0.39, 0.29) is 6.10 Å². The monoisotopic (exact) mass is 585 g/mol. The van der Waals surface area contributed by atoms with Crippen molar-refractivity contribution in [3.8, 4) is 22.6 Å². The highest BCUT2D eigenvalue weighted by Gasteiger charge is 2.37. The van der Waals surface area contributed by atoms with E-state index in [1.54, 1.807) is 24.5 Å². The van der Waals surface area contributed by atoms with Crippen LogP contribution in [0.15, 0.2) is 49.2 Å². The smallest absolute Gasteiger partial charge is 0.333 e. The quantitative estimate of drug-likeness (QED) is 0.249. The van der Waals surface area contributed by atoms with Gasteiger partial charge in [-0.15, -0.1) is 0 Å². The van der Waals surface area contributed by atoms with Crippen molar-refractivity contribution in [1.29, 1.82) is 0 Å². The third kappa shape index (κ3) is 6.05. The fraction of sp³-hybridized carbons (Fsp3) is 0.423. The molecule has 2 saturated carbocycles. The molecule has 0 unspecified atom stereocenters. The highest BCUT2D eigenvalue weighted by atomic mass is 32.2. The SMILES string of the molecule is O=S(=O)(C1CC1)n1cc(-c2nccc(Nc3cc(NCC4CCC(O)CC4)c(-c4ccn(C(F)F)n4)cn3)n2)cn1. The van der Waals surface area contributed by atoms with Crippen molar-refractivity contribution < 1.29 is 22.3 Å². The lowest BCUT2D eigenvalue weighted by molar-refractivity contribution is 0.0568. The lowest BCUT2D eigenvalue weighted by Crippen LogP contribution is -2.23. The predicted molar refractivity (Wildman–Crippen MR) is 147 cm³/mol. The van der Waals surface area contributed by atoms with Crippen molar-refractivity contribution in [2.24, 2.45) is 5.92 Å². The standard InChI is InChI=1S/C26H29F2N9O3S/c27-26(28)36-10-8-21(35-36)20-14-31-24(11-22(20)30-12-16-1-3-18(38)4-2-16)33-23-7-9-29-25(34-23)17-13-32-37(15-17)41(39,40)19-5-6-19/h7-11,13-16,18-19,26,38H,1-6,12H2,(H2,29,30,31,33,34). The molecule has 0 aromatic carbocycles. The Bertz CT molecular complexity index is 1630. The van der Waals surface area contributed by atoms with Gasteiger partial charge in [-0.05, 0) is 56.6 Å². The summed E-state index contributed by atoms with van der Waals surface area (Å²) in [7, 11) is -3.51. The topological polar surface area (TPSA) is 153 Å². The number of pyridine rings is 1. The van der Waals surface area contributed by atoms with Gasteiger partial charge in [-0.25, -0.2) is 28.1 Å². The van der Waals surface area contributed by atoms with Crippen molar-refractivity contribution in [2.45, 2.75) is 56.4 Å². The Labute approximate surface area is 234 Å². The number of anilines is 3. The second-order valence-corrected chi connectivity index (χ2v) is 12.4. The van der Waals surface area contributed by atoms with Crippen LogP contribution >= 0.6 is 0 Å². The average Bonchev–Trinajstić information content (AvgIpc) is 3.50. The minimum atomic E-state index is -3.51.